The number of carbonyl (C=O) groups excluding carboxylic acids is 1. The van der Waals surface area contributed by atoms with Crippen molar-refractivity contribution in [2.45, 2.75) is 12.5 Å². The topological polar surface area (TPSA) is 66.4 Å². The number of carboxylic acid groups (broad SMARTS) is 1. The lowest BCUT2D eigenvalue weighted by molar-refractivity contribution is -0.137. The number of nitrogens with one attached hydrogen (secondary N) is 1. The van der Waals surface area contributed by atoms with Gasteiger partial charge in [-0.3, -0.25) is 9.59 Å². The Morgan fingerprint density at radius 3 is 2.47 bits per heavy atom. The minimum absolute atomic E-state index is 0.138. The van der Waals surface area contributed by atoms with Gasteiger partial charge in [-0.15, -0.1) is 11.3 Å². The molecule has 2 aromatic rings. The lowest BCUT2D eigenvalue weighted by Crippen LogP contribution is -2.29. The molecule has 1 atom stereocenters. The van der Waals surface area contributed by atoms with Crippen LogP contribution in [0.4, 0.5) is 0 Å². The molecule has 0 radical (unpaired) electrons. The van der Waals surface area contributed by atoms with E-state index in [1.54, 1.807) is 12.1 Å². The Kier molecular flexibility index (Phi) is 4.30. The van der Waals surface area contributed by atoms with Crippen molar-refractivity contribution in [3.05, 3.63) is 58.3 Å². The summed E-state index contributed by atoms with van der Waals surface area (Å²) in [5.41, 5.74) is 0.787. The standard InChI is InChI=1S/C14H13NO3S/c16-13(17)9-11(10-5-2-1-3-6-10)15-14(18)12-7-4-8-19-12/h1-8,11H,9H2,(H,15,18)(H,16,17)/t11-/m1/s1. The summed E-state index contributed by atoms with van der Waals surface area (Å²) in [4.78, 5) is 23.5. The normalized spacial score (nSPS) is 11.8. The summed E-state index contributed by atoms with van der Waals surface area (Å²) in [7, 11) is 0. The third kappa shape index (κ3) is 3.66. The van der Waals surface area contributed by atoms with Gasteiger partial charge >= 0.3 is 5.97 Å². The Balaban J connectivity index is 2.15. The highest BCUT2D eigenvalue weighted by molar-refractivity contribution is 7.12. The van der Waals surface area contributed by atoms with E-state index in [0.717, 1.165) is 5.56 Å². The number of hydrogen-bond acceptors (Lipinski definition) is 3. The Morgan fingerprint density at radius 1 is 1.16 bits per heavy atom. The molecule has 0 bridgehead atoms. The molecule has 0 saturated carbocycles. The Labute approximate surface area is 114 Å². The first-order valence-electron chi connectivity index (χ1n) is 5.78. The fourth-order valence-corrected chi connectivity index (χ4v) is 2.38. The van der Waals surface area contributed by atoms with Gasteiger partial charge in [0.05, 0.1) is 17.3 Å². The average Bonchev–Trinajstić information content (AvgIpc) is 2.92. The third-order valence-corrected chi connectivity index (χ3v) is 3.50. The summed E-state index contributed by atoms with van der Waals surface area (Å²) in [6.07, 6.45) is -0.138. The van der Waals surface area contributed by atoms with Crippen molar-refractivity contribution in [2.75, 3.05) is 0 Å². The van der Waals surface area contributed by atoms with Crippen LogP contribution in [0.1, 0.15) is 27.7 Å². The van der Waals surface area contributed by atoms with Gasteiger partial charge in [0, 0.05) is 0 Å². The lowest BCUT2D eigenvalue weighted by atomic mass is 10.0. The SMILES string of the molecule is O=C(O)C[C@@H](NC(=O)c1cccs1)c1ccccc1. The van der Waals surface area contributed by atoms with E-state index in [1.165, 1.54) is 11.3 Å². The van der Waals surface area contributed by atoms with Crippen molar-refractivity contribution in [3.8, 4) is 0 Å². The largest absolute Gasteiger partial charge is 0.481 e. The molecule has 0 aliphatic heterocycles. The van der Waals surface area contributed by atoms with E-state index in [-0.39, 0.29) is 12.3 Å². The van der Waals surface area contributed by atoms with E-state index in [9.17, 15) is 9.59 Å². The molecule has 5 heteroatoms. The molecule has 0 unspecified atom stereocenters. The van der Waals surface area contributed by atoms with E-state index < -0.39 is 12.0 Å². The maximum Gasteiger partial charge on any atom is 0.305 e. The number of benzene rings is 1. The zero-order valence-corrected chi connectivity index (χ0v) is 10.9. The maximum absolute atomic E-state index is 12.0. The van der Waals surface area contributed by atoms with Gasteiger partial charge in [0.25, 0.3) is 5.91 Å². The van der Waals surface area contributed by atoms with Crippen molar-refractivity contribution in [1.29, 1.82) is 0 Å². The first-order valence-corrected chi connectivity index (χ1v) is 6.66. The smallest absolute Gasteiger partial charge is 0.305 e. The monoisotopic (exact) mass is 275 g/mol. The highest BCUT2D eigenvalue weighted by Crippen LogP contribution is 2.18. The number of carbonyl (C=O) groups is 2. The molecule has 2 N–H and O–H groups in total. The molecule has 19 heavy (non-hydrogen) atoms. The Hall–Kier alpha value is -2.14. The molecule has 2 rings (SSSR count). The minimum Gasteiger partial charge on any atom is -0.481 e. The summed E-state index contributed by atoms with van der Waals surface area (Å²) >= 11 is 1.33. The third-order valence-electron chi connectivity index (χ3n) is 2.63. The molecular weight excluding hydrogens is 262 g/mol. The number of aliphatic carboxylic acids is 1. The number of thiophene rings is 1. The van der Waals surface area contributed by atoms with Crippen LogP contribution in [0.5, 0.6) is 0 Å². The second-order valence-electron chi connectivity index (χ2n) is 4.01. The van der Waals surface area contributed by atoms with Gasteiger partial charge < -0.3 is 10.4 Å². The molecule has 0 fully saturated rings. The van der Waals surface area contributed by atoms with Crippen molar-refractivity contribution < 1.29 is 14.7 Å². The van der Waals surface area contributed by atoms with Crippen LogP contribution in [0.25, 0.3) is 0 Å². The molecule has 1 aromatic heterocycles. The summed E-state index contributed by atoms with van der Waals surface area (Å²) in [5, 5.41) is 13.5. The Bertz CT molecular complexity index is 551. The van der Waals surface area contributed by atoms with Crippen molar-refractivity contribution in [1.82, 2.24) is 5.32 Å². The van der Waals surface area contributed by atoms with Crippen molar-refractivity contribution >= 4 is 23.2 Å². The predicted molar refractivity (Wildman–Crippen MR) is 73.2 cm³/mol. The van der Waals surface area contributed by atoms with E-state index >= 15 is 0 Å². The number of amides is 1. The first-order chi connectivity index (χ1) is 9.16. The average molecular weight is 275 g/mol. The molecular formula is C14H13NO3S. The molecule has 1 heterocycles. The molecule has 4 nitrogen and oxygen atoms in total. The van der Waals surface area contributed by atoms with Crippen LogP contribution in [0.15, 0.2) is 47.8 Å². The van der Waals surface area contributed by atoms with Crippen LogP contribution in [0, 0.1) is 0 Å². The zero-order chi connectivity index (χ0) is 13.7. The molecule has 1 amide bonds. The van der Waals surface area contributed by atoms with Gasteiger partial charge in [0.15, 0.2) is 0 Å². The molecule has 0 saturated heterocycles. The van der Waals surface area contributed by atoms with Gasteiger partial charge in [-0.05, 0) is 17.0 Å². The fraction of sp³-hybridized carbons (Fsp3) is 0.143. The van der Waals surface area contributed by atoms with Crippen LogP contribution in [0.2, 0.25) is 0 Å². The van der Waals surface area contributed by atoms with Crippen LogP contribution >= 0.6 is 11.3 Å². The van der Waals surface area contributed by atoms with E-state index in [2.05, 4.69) is 5.32 Å². The highest BCUT2D eigenvalue weighted by Gasteiger charge is 2.18. The lowest BCUT2D eigenvalue weighted by Gasteiger charge is -2.16. The van der Waals surface area contributed by atoms with Crippen molar-refractivity contribution in [3.63, 3.8) is 0 Å². The van der Waals surface area contributed by atoms with Crippen molar-refractivity contribution in [2.24, 2.45) is 0 Å². The van der Waals surface area contributed by atoms with Crippen LogP contribution in [-0.2, 0) is 4.79 Å². The summed E-state index contributed by atoms with van der Waals surface area (Å²) in [5.74, 6) is -1.19. The molecule has 1 aromatic carbocycles. The predicted octanol–water partition coefficient (Wildman–Crippen LogP) is 2.69. The van der Waals surface area contributed by atoms with E-state index in [4.69, 9.17) is 5.11 Å². The second-order valence-corrected chi connectivity index (χ2v) is 4.96. The highest BCUT2D eigenvalue weighted by atomic mass is 32.1. The van der Waals surface area contributed by atoms with Gasteiger partial charge in [0.2, 0.25) is 0 Å². The van der Waals surface area contributed by atoms with Crippen LogP contribution in [0.3, 0.4) is 0 Å². The zero-order valence-electron chi connectivity index (χ0n) is 10.1. The minimum atomic E-state index is -0.944. The number of hydrogen-bond donors (Lipinski definition) is 2. The quantitative estimate of drug-likeness (QED) is 0.881. The second kappa shape index (κ2) is 6.15. The van der Waals surface area contributed by atoms with Crippen LogP contribution < -0.4 is 5.32 Å². The summed E-state index contributed by atoms with van der Waals surface area (Å²) in [6.45, 7) is 0. The van der Waals surface area contributed by atoms with Crippen LogP contribution in [-0.4, -0.2) is 17.0 Å². The summed E-state index contributed by atoms with van der Waals surface area (Å²) in [6, 6.07) is 12.1. The number of carboxylic acids is 1. The van der Waals surface area contributed by atoms with Gasteiger partial charge in [-0.25, -0.2) is 0 Å². The van der Waals surface area contributed by atoms with E-state index in [0.29, 0.717) is 4.88 Å². The van der Waals surface area contributed by atoms with E-state index in [1.807, 2.05) is 35.7 Å². The number of rotatable bonds is 5. The summed E-state index contributed by atoms with van der Waals surface area (Å²) < 4.78 is 0. The Morgan fingerprint density at radius 2 is 1.89 bits per heavy atom. The fourth-order valence-electron chi connectivity index (χ4n) is 1.75. The van der Waals surface area contributed by atoms with Gasteiger partial charge in [0.1, 0.15) is 0 Å². The van der Waals surface area contributed by atoms with Gasteiger partial charge in [-0.1, -0.05) is 36.4 Å². The maximum atomic E-state index is 12.0. The van der Waals surface area contributed by atoms with Gasteiger partial charge in [-0.2, -0.15) is 0 Å². The molecule has 0 spiro atoms. The molecule has 0 aliphatic rings. The molecule has 0 aliphatic carbocycles. The first kappa shape index (κ1) is 13.3. The molecule has 98 valence electrons.